The number of thioether (sulfide) groups is 1. The molecule has 4 nitrogen and oxygen atoms in total. The van der Waals surface area contributed by atoms with Crippen LogP contribution in [0.4, 0.5) is 0 Å². The summed E-state index contributed by atoms with van der Waals surface area (Å²) >= 11 is 5.16. The molecule has 1 atom stereocenters. The second kappa shape index (κ2) is 6.63. The van der Waals surface area contributed by atoms with Crippen molar-refractivity contribution in [3.63, 3.8) is 0 Å². The van der Waals surface area contributed by atoms with Gasteiger partial charge in [-0.2, -0.15) is 11.8 Å². The number of hydrogen-bond donors (Lipinski definition) is 1. The van der Waals surface area contributed by atoms with Crippen molar-refractivity contribution in [2.75, 3.05) is 25.1 Å². The molecule has 6 heteroatoms. The Balaban J connectivity index is 1.80. The maximum Gasteiger partial charge on any atom is 0.224 e. The first-order valence-electron chi connectivity index (χ1n) is 5.94. The first-order valence-corrected chi connectivity index (χ1v) is 7.89. The van der Waals surface area contributed by atoms with Gasteiger partial charge in [0.05, 0.1) is 6.54 Å². The lowest BCUT2D eigenvalue weighted by Crippen LogP contribution is -2.41. The van der Waals surface area contributed by atoms with Crippen molar-refractivity contribution in [3.05, 3.63) is 22.6 Å². The van der Waals surface area contributed by atoms with Crippen LogP contribution in [-0.2, 0) is 11.3 Å². The molecule has 0 bridgehead atoms. The summed E-state index contributed by atoms with van der Waals surface area (Å²) < 4.78 is 6.10. The summed E-state index contributed by atoms with van der Waals surface area (Å²) in [5.41, 5.74) is 0. The zero-order chi connectivity index (χ0) is 13.0. The molecular weight excluding hydrogens is 316 g/mol. The molecule has 1 aromatic heterocycles. The lowest BCUT2D eigenvalue weighted by molar-refractivity contribution is -0.131. The molecule has 0 radical (unpaired) electrons. The van der Waals surface area contributed by atoms with Crippen molar-refractivity contribution >= 4 is 33.6 Å². The molecule has 1 aliphatic heterocycles. The molecule has 1 N–H and O–H groups in total. The minimum Gasteiger partial charge on any atom is -0.452 e. The van der Waals surface area contributed by atoms with Crippen LogP contribution in [0, 0.1) is 0 Å². The molecule has 2 rings (SSSR count). The predicted molar refractivity (Wildman–Crippen MR) is 76.6 cm³/mol. The number of furan rings is 1. The fourth-order valence-corrected chi connectivity index (χ4v) is 3.17. The third kappa shape index (κ3) is 4.03. The Hall–Kier alpha value is -0.460. The highest BCUT2D eigenvalue weighted by molar-refractivity contribution is 9.10. The summed E-state index contributed by atoms with van der Waals surface area (Å²) in [7, 11) is 1.81. The molecule has 100 valence electrons. The number of nitrogens with zero attached hydrogens (tertiary/aromatic N) is 1. The molecule has 18 heavy (non-hydrogen) atoms. The Morgan fingerprint density at radius 3 is 3.11 bits per heavy atom. The number of nitrogens with one attached hydrogen (secondary N) is 1. The van der Waals surface area contributed by atoms with Gasteiger partial charge in [0.2, 0.25) is 5.91 Å². The standard InChI is InChI=1S/C12H17BrN2O2S/c1-15(7-10-2-3-11(13)17-10)12(16)6-9-8-18-5-4-14-9/h2-3,9,14H,4-8H2,1H3. The van der Waals surface area contributed by atoms with Gasteiger partial charge in [-0.25, -0.2) is 0 Å². The minimum atomic E-state index is 0.155. The Morgan fingerprint density at radius 1 is 1.67 bits per heavy atom. The highest BCUT2D eigenvalue weighted by Gasteiger charge is 2.19. The molecular formula is C12H17BrN2O2S. The second-order valence-corrected chi connectivity index (χ2v) is 6.32. The molecule has 2 heterocycles. The second-order valence-electron chi connectivity index (χ2n) is 4.39. The van der Waals surface area contributed by atoms with Crippen LogP contribution < -0.4 is 5.32 Å². The number of halogens is 1. The average Bonchev–Trinajstić information content (AvgIpc) is 2.76. The maximum atomic E-state index is 12.0. The van der Waals surface area contributed by atoms with Gasteiger partial charge in [-0.3, -0.25) is 4.79 Å². The number of hydrogen-bond acceptors (Lipinski definition) is 4. The summed E-state index contributed by atoms with van der Waals surface area (Å²) in [5, 5.41) is 3.37. The van der Waals surface area contributed by atoms with Crippen molar-refractivity contribution < 1.29 is 9.21 Å². The quantitative estimate of drug-likeness (QED) is 0.917. The zero-order valence-corrected chi connectivity index (χ0v) is 12.7. The Kier molecular flexibility index (Phi) is 5.14. The summed E-state index contributed by atoms with van der Waals surface area (Å²) in [4.78, 5) is 13.8. The number of carbonyl (C=O) groups is 1. The number of rotatable bonds is 4. The van der Waals surface area contributed by atoms with Gasteiger partial charge in [0.1, 0.15) is 5.76 Å². The summed E-state index contributed by atoms with van der Waals surface area (Å²) in [6, 6.07) is 4.03. The van der Waals surface area contributed by atoms with Gasteiger partial charge in [-0.1, -0.05) is 0 Å². The third-order valence-electron chi connectivity index (χ3n) is 2.87. The Bertz CT molecular complexity index is 405. The molecule has 1 amide bonds. The van der Waals surface area contributed by atoms with Crippen LogP contribution in [0.1, 0.15) is 12.2 Å². The lowest BCUT2D eigenvalue weighted by atomic mass is 10.2. The molecule has 1 aromatic rings. The van der Waals surface area contributed by atoms with Crippen molar-refractivity contribution in [3.8, 4) is 0 Å². The maximum absolute atomic E-state index is 12.0. The van der Waals surface area contributed by atoms with E-state index in [2.05, 4.69) is 21.2 Å². The van der Waals surface area contributed by atoms with Gasteiger partial charge in [-0.15, -0.1) is 0 Å². The first-order chi connectivity index (χ1) is 8.65. The van der Waals surface area contributed by atoms with Crippen molar-refractivity contribution in [1.82, 2.24) is 10.2 Å². The number of carbonyl (C=O) groups excluding carboxylic acids is 1. The van der Waals surface area contributed by atoms with Crippen molar-refractivity contribution in [2.24, 2.45) is 0 Å². The summed E-state index contributed by atoms with van der Waals surface area (Å²) in [5.74, 6) is 3.11. The van der Waals surface area contributed by atoms with Gasteiger partial charge < -0.3 is 14.6 Å². The molecule has 1 fully saturated rings. The fraction of sp³-hybridized carbons (Fsp3) is 0.583. The Morgan fingerprint density at radius 2 is 2.50 bits per heavy atom. The molecule has 1 aliphatic rings. The molecule has 1 saturated heterocycles. The summed E-state index contributed by atoms with van der Waals surface area (Å²) in [6.07, 6.45) is 0.561. The van der Waals surface area contributed by atoms with Crippen LogP contribution in [0.15, 0.2) is 21.2 Å². The van der Waals surface area contributed by atoms with Crippen LogP contribution in [0.5, 0.6) is 0 Å². The first kappa shape index (κ1) is 14.0. The van der Waals surface area contributed by atoms with Gasteiger partial charge in [0.15, 0.2) is 4.67 Å². The van der Waals surface area contributed by atoms with E-state index in [1.165, 1.54) is 0 Å². The van der Waals surface area contributed by atoms with E-state index in [9.17, 15) is 4.79 Å². The molecule has 0 spiro atoms. The molecule has 1 unspecified atom stereocenters. The fourth-order valence-electron chi connectivity index (χ4n) is 1.88. The van der Waals surface area contributed by atoms with E-state index in [4.69, 9.17) is 4.42 Å². The van der Waals surface area contributed by atoms with Crippen LogP contribution in [0.2, 0.25) is 0 Å². The minimum absolute atomic E-state index is 0.155. The van der Waals surface area contributed by atoms with Crippen LogP contribution in [0.3, 0.4) is 0 Å². The monoisotopic (exact) mass is 332 g/mol. The Labute approximate surface area is 120 Å². The highest BCUT2D eigenvalue weighted by atomic mass is 79.9. The van der Waals surface area contributed by atoms with Crippen molar-refractivity contribution in [1.29, 1.82) is 0 Å². The largest absolute Gasteiger partial charge is 0.452 e. The van der Waals surface area contributed by atoms with E-state index in [0.29, 0.717) is 23.7 Å². The van der Waals surface area contributed by atoms with Crippen LogP contribution in [-0.4, -0.2) is 41.9 Å². The van der Waals surface area contributed by atoms with Gasteiger partial charge >= 0.3 is 0 Å². The molecule has 0 aromatic carbocycles. The molecule has 0 saturated carbocycles. The molecule has 0 aliphatic carbocycles. The van der Waals surface area contributed by atoms with Gasteiger partial charge in [0.25, 0.3) is 0 Å². The normalized spacial score (nSPS) is 19.8. The smallest absolute Gasteiger partial charge is 0.224 e. The average molecular weight is 333 g/mol. The van der Waals surface area contributed by atoms with Gasteiger partial charge in [0, 0.05) is 37.6 Å². The van der Waals surface area contributed by atoms with E-state index in [1.807, 2.05) is 30.9 Å². The van der Waals surface area contributed by atoms with Crippen LogP contribution in [0.25, 0.3) is 0 Å². The van der Waals surface area contributed by atoms with E-state index in [1.54, 1.807) is 4.90 Å². The number of amides is 1. The highest BCUT2D eigenvalue weighted by Crippen LogP contribution is 2.16. The van der Waals surface area contributed by atoms with E-state index < -0.39 is 0 Å². The predicted octanol–water partition coefficient (Wildman–Crippen LogP) is 2.10. The van der Waals surface area contributed by atoms with E-state index >= 15 is 0 Å². The zero-order valence-electron chi connectivity index (χ0n) is 10.3. The van der Waals surface area contributed by atoms with Gasteiger partial charge in [-0.05, 0) is 28.1 Å². The topological polar surface area (TPSA) is 45.5 Å². The SMILES string of the molecule is CN(Cc1ccc(Br)o1)C(=O)CC1CSCCN1. The van der Waals surface area contributed by atoms with E-state index in [-0.39, 0.29) is 5.91 Å². The van der Waals surface area contributed by atoms with Crippen molar-refractivity contribution in [2.45, 2.75) is 19.0 Å². The third-order valence-corrected chi connectivity index (χ3v) is 4.42. The van der Waals surface area contributed by atoms with Crippen LogP contribution >= 0.6 is 27.7 Å². The van der Waals surface area contributed by atoms with E-state index in [0.717, 1.165) is 23.8 Å². The summed E-state index contributed by atoms with van der Waals surface area (Å²) in [6.45, 7) is 1.52. The lowest BCUT2D eigenvalue weighted by Gasteiger charge is -2.25.